The van der Waals surface area contributed by atoms with Crippen LogP contribution in [0.25, 0.3) is 0 Å². The molecule has 0 bridgehead atoms. The lowest BCUT2D eigenvalue weighted by molar-refractivity contribution is -0.132. The third-order valence-electron chi connectivity index (χ3n) is 5.46. The van der Waals surface area contributed by atoms with Crippen molar-refractivity contribution in [3.05, 3.63) is 71.8 Å². The Hall–Kier alpha value is -2.09. The van der Waals surface area contributed by atoms with E-state index in [1.165, 1.54) is 11.1 Å². The van der Waals surface area contributed by atoms with E-state index in [1.54, 1.807) is 0 Å². The van der Waals surface area contributed by atoms with Crippen molar-refractivity contribution in [3.63, 3.8) is 0 Å². The van der Waals surface area contributed by atoms with Crippen LogP contribution in [0.2, 0.25) is 0 Å². The number of fused-ring (bicyclic) bond motifs is 1. The van der Waals surface area contributed by atoms with E-state index in [9.17, 15) is 4.79 Å². The van der Waals surface area contributed by atoms with Gasteiger partial charge in [0.1, 0.15) is 0 Å². The zero-order chi connectivity index (χ0) is 15.6. The van der Waals surface area contributed by atoms with Crippen LogP contribution in [0.15, 0.2) is 60.7 Å². The minimum Gasteiger partial charge on any atom is -0.336 e. The van der Waals surface area contributed by atoms with Gasteiger partial charge >= 0.3 is 0 Å². The van der Waals surface area contributed by atoms with Crippen LogP contribution < -0.4 is 0 Å². The predicted octanol–water partition coefficient (Wildman–Crippen LogP) is 4.17. The molecule has 23 heavy (non-hydrogen) atoms. The number of piperidine rings is 1. The average Bonchev–Trinajstić information content (AvgIpc) is 2.98. The van der Waals surface area contributed by atoms with Gasteiger partial charge in [0.2, 0.25) is 5.91 Å². The molecule has 3 atom stereocenters. The maximum absolute atomic E-state index is 12.4. The number of benzene rings is 2. The summed E-state index contributed by atoms with van der Waals surface area (Å²) in [7, 11) is 0. The Labute approximate surface area is 138 Å². The van der Waals surface area contributed by atoms with Crippen LogP contribution in [0.5, 0.6) is 0 Å². The molecule has 0 aromatic heterocycles. The molecule has 4 rings (SSSR count). The Morgan fingerprint density at radius 1 is 0.913 bits per heavy atom. The predicted molar refractivity (Wildman–Crippen MR) is 92.2 cm³/mol. The quantitative estimate of drug-likeness (QED) is 0.833. The number of carbonyl (C=O) groups is 1. The second-order valence-electron chi connectivity index (χ2n) is 6.92. The first kappa shape index (κ1) is 14.5. The van der Waals surface area contributed by atoms with Crippen LogP contribution >= 0.6 is 0 Å². The molecule has 2 aromatic rings. The van der Waals surface area contributed by atoms with Gasteiger partial charge in [0.25, 0.3) is 0 Å². The van der Waals surface area contributed by atoms with Gasteiger partial charge in [-0.2, -0.15) is 0 Å². The summed E-state index contributed by atoms with van der Waals surface area (Å²) in [6.07, 6.45) is 4.96. The van der Waals surface area contributed by atoms with Gasteiger partial charge in [-0.1, -0.05) is 60.7 Å². The lowest BCUT2D eigenvalue weighted by atomic mass is 9.80. The van der Waals surface area contributed by atoms with Gasteiger partial charge in [-0.3, -0.25) is 4.79 Å². The summed E-state index contributed by atoms with van der Waals surface area (Å²) in [5.41, 5.74) is 2.77. The monoisotopic (exact) mass is 305 g/mol. The van der Waals surface area contributed by atoms with Gasteiger partial charge in [0.05, 0.1) is 0 Å². The molecular weight excluding hydrogens is 282 g/mol. The first-order chi connectivity index (χ1) is 11.3. The highest BCUT2D eigenvalue weighted by Gasteiger charge is 2.42. The second-order valence-corrected chi connectivity index (χ2v) is 6.92. The minimum atomic E-state index is 0.344. The number of amides is 1. The van der Waals surface area contributed by atoms with Gasteiger partial charge in [-0.05, 0) is 42.7 Å². The van der Waals surface area contributed by atoms with E-state index >= 15 is 0 Å². The standard InChI is InChI=1S/C21H23NO/c23-21-12-11-19-14-18(17-9-5-2-6-10-17)15-20(22(19)21)13-16-7-3-1-4-8-16/h1-10,18-20H,11-15H2/t18-,19+,20+/m0/s1. The highest BCUT2D eigenvalue weighted by atomic mass is 16.2. The lowest BCUT2D eigenvalue weighted by Crippen LogP contribution is -2.48. The third-order valence-corrected chi connectivity index (χ3v) is 5.46. The lowest BCUT2D eigenvalue weighted by Gasteiger charge is -2.42. The number of hydrogen-bond acceptors (Lipinski definition) is 1. The molecule has 2 heterocycles. The molecule has 2 aromatic carbocycles. The molecule has 2 aliphatic heterocycles. The second kappa shape index (κ2) is 6.19. The first-order valence-corrected chi connectivity index (χ1v) is 8.71. The zero-order valence-corrected chi connectivity index (χ0v) is 13.4. The van der Waals surface area contributed by atoms with Crippen molar-refractivity contribution in [1.82, 2.24) is 4.90 Å². The topological polar surface area (TPSA) is 20.3 Å². The molecule has 2 saturated heterocycles. The summed E-state index contributed by atoms with van der Waals surface area (Å²) in [6.45, 7) is 0. The van der Waals surface area contributed by atoms with Gasteiger partial charge < -0.3 is 4.90 Å². The third kappa shape index (κ3) is 2.90. The number of nitrogens with zero attached hydrogens (tertiary/aromatic N) is 1. The summed E-state index contributed by atoms with van der Waals surface area (Å²) >= 11 is 0. The summed E-state index contributed by atoms with van der Waals surface area (Å²) < 4.78 is 0. The summed E-state index contributed by atoms with van der Waals surface area (Å²) in [5, 5.41) is 0. The van der Waals surface area contributed by atoms with Gasteiger partial charge in [-0.25, -0.2) is 0 Å². The number of hydrogen-bond donors (Lipinski definition) is 0. The van der Waals surface area contributed by atoms with E-state index in [0.29, 0.717) is 23.9 Å². The Bertz CT molecular complexity index is 667. The highest BCUT2D eigenvalue weighted by molar-refractivity contribution is 5.79. The molecule has 2 nitrogen and oxygen atoms in total. The van der Waals surface area contributed by atoms with E-state index in [0.717, 1.165) is 32.1 Å². The van der Waals surface area contributed by atoms with Crippen LogP contribution in [0.4, 0.5) is 0 Å². The largest absolute Gasteiger partial charge is 0.336 e. The van der Waals surface area contributed by atoms with E-state index in [2.05, 4.69) is 65.6 Å². The van der Waals surface area contributed by atoms with Crippen LogP contribution in [-0.2, 0) is 11.2 Å². The van der Waals surface area contributed by atoms with E-state index in [-0.39, 0.29) is 0 Å². The van der Waals surface area contributed by atoms with E-state index in [4.69, 9.17) is 0 Å². The first-order valence-electron chi connectivity index (χ1n) is 8.71. The SMILES string of the molecule is O=C1CC[C@@H]2C[C@H](c3ccccc3)C[C@@H](Cc3ccccc3)N12. The summed E-state index contributed by atoms with van der Waals surface area (Å²) in [6, 6.07) is 22.2. The average molecular weight is 305 g/mol. The molecule has 0 saturated carbocycles. The Morgan fingerprint density at radius 3 is 2.35 bits per heavy atom. The highest BCUT2D eigenvalue weighted by Crippen LogP contribution is 2.40. The molecule has 0 aliphatic carbocycles. The normalized spacial score (nSPS) is 27.0. The fourth-order valence-corrected chi connectivity index (χ4v) is 4.43. The van der Waals surface area contributed by atoms with Gasteiger partial charge in [0.15, 0.2) is 0 Å². The number of rotatable bonds is 3. The summed E-state index contributed by atoms with van der Waals surface area (Å²) in [5.74, 6) is 0.944. The Morgan fingerprint density at radius 2 is 1.61 bits per heavy atom. The smallest absolute Gasteiger partial charge is 0.223 e. The molecule has 1 amide bonds. The maximum atomic E-state index is 12.4. The molecule has 0 radical (unpaired) electrons. The van der Waals surface area contributed by atoms with Crippen molar-refractivity contribution in [2.45, 2.75) is 50.1 Å². The molecular formula is C21H23NO. The molecule has 0 spiro atoms. The van der Waals surface area contributed by atoms with Crippen molar-refractivity contribution < 1.29 is 4.79 Å². The molecule has 2 heteroatoms. The Kier molecular flexibility index (Phi) is 3.90. The van der Waals surface area contributed by atoms with Crippen LogP contribution in [0, 0.1) is 0 Å². The van der Waals surface area contributed by atoms with Crippen LogP contribution in [0.1, 0.15) is 42.7 Å². The van der Waals surface area contributed by atoms with E-state index in [1.807, 2.05) is 0 Å². The van der Waals surface area contributed by atoms with Crippen LogP contribution in [0.3, 0.4) is 0 Å². The van der Waals surface area contributed by atoms with Crippen molar-refractivity contribution in [2.24, 2.45) is 0 Å². The van der Waals surface area contributed by atoms with E-state index < -0.39 is 0 Å². The number of carbonyl (C=O) groups excluding carboxylic acids is 1. The molecule has 2 aliphatic rings. The summed E-state index contributed by atoms with van der Waals surface area (Å²) in [4.78, 5) is 14.6. The maximum Gasteiger partial charge on any atom is 0.223 e. The van der Waals surface area contributed by atoms with Crippen molar-refractivity contribution >= 4 is 5.91 Å². The molecule has 118 valence electrons. The van der Waals surface area contributed by atoms with Crippen molar-refractivity contribution in [1.29, 1.82) is 0 Å². The fourth-order valence-electron chi connectivity index (χ4n) is 4.43. The zero-order valence-electron chi connectivity index (χ0n) is 13.4. The van der Waals surface area contributed by atoms with Crippen LogP contribution in [-0.4, -0.2) is 22.9 Å². The van der Waals surface area contributed by atoms with Crippen molar-refractivity contribution in [3.8, 4) is 0 Å². The van der Waals surface area contributed by atoms with Crippen molar-refractivity contribution in [2.75, 3.05) is 0 Å². The fraction of sp³-hybridized carbons (Fsp3) is 0.381. The molecule has 2 fully saturated rings. The minimum absolute atomic E-state index is 0.344. The molecule has 0 N–H and O–H groups in total. The Balaban J connectivity index is 1.60. The molecule has 0 unspecified atom stereocenters. The van der Waals surface area contributed by atoms with Gasteiger partial charge in [-0.15, -0.1) is 0 Å². The van der Waals surface area contributed by atoms with Gasteiger partial charge in [0, 0.05) is 18.5 Å².